The van der Waals surface area contributed by atoms with Crippen molar-refractivity contribution in [3.8, 4) is 0 Å². The Hall–Kier alpha value is -1.64. The highest BCUT2D eigenvalue weighted by molar-refractivity contribution is 7.12. The van der Waals surface area contributed by atoms with Crippen molar-refractivity contribution in [3.05, 3.63) is 22.4 Å². The number of amides is 3. The third kappa shape index (κ3) is 5.77. The summed E-state index contributed by atoms with van der Waals surface area (Å²) in [6, 6.07) is 3.50. The van der Waals surface area contributed by atoms with Crippen molar-refractivity contribution in [2.75, 3.05) is 32.7 Å². The van der Waals surface area contributed by atoms with Gasteiger partial charge in [-0.25, -0.2) is 0 Å². The Balaban J connectivity index is 0.00000288. The average molecular weight is 375 g/mol. The van der Waals surface area contributed by atoms with Crippen molar-refractivity contribution < 1.29 is 14.4 Å². The Morgan fingerprint density at radius 1 is 1.33 bits per heavy atom. The fourth-order valence-electron chi connectivity index (χ4n) is 2.52. The van der Waals surface area contributed by atoms with Gasteiger partial charge in [-0.05, 0) is 24.3 Å². The number of likely N-dealkylation sites (tertiary alicyclic amines) is 1. The number of carbonyl (C=O) groups excluding carboxylic acids is 3. The fourth-order valence-corrected chi connectivity index (χ4v) is 3.16. The summed E-state index contributed by atoms with van der Waals surface area (Å²) in [6.45, 7) is 1.81. The van der Waals surface area contributed by atoms with Crippen LogP contribution in [-0.4, -0.2) is 55.3 Å². The Kier molecular flexibility index (Phi) is 8.73. The van der Waals surface area contributed by atoms with Crippen LogP contribution >= 0.6 is 23.7 Å². The van der Waals surface area contributed by atoms with E-state index in [9.17, 15) is 14.4 Å². The van der Waals surface area contributed by atoms with E-state index in [4.69, 9.17) is 5.73 Å². The van der Waals surface area contributed by atoms with E-state index in [0.29, 0.717) is 31.1 Å². The Bertz CT molecular complexity index is 553. The zero-order valence-electron chi connectivity index (χ0n) is 13.3. The van der Waals surface area contributed by atoms with Gasteiger partial charge in [0, 0.05) is 26.2 Å². The summed E-state index contributed by atoms with van der Waals surface area (Å²) >= 11 is 1.33. The van der Waals surface area contributed by atoms with Gasteiger partial charge in [-0.2, -0.15) is 0 Å². The molecule has 1 aliphatic heterocycles. The first kappa shape index (κ1) is 20.4. The molecular formula is C15H23ClN4O3S. The first-order valence-electron chi connectivity index (χ1n) is 7.69. The van der Waals surface area contributed by atoms with Crippen molar-refractivity contribution in [1.82, 2.24) is 15.5 Å². The Labute approximate surface area is 151 Å². The lowest BCUT2D eigenvalue weighted by molar-refractivity contribution is -0.134. The predicted octanol–water partition coefficient (Wildman–Crippen LogP) is 0.213. The van der Waals surface area contributed by atoms with Crippen LogP contribution in [0.5, 0.6) is 0 Å². The molecule has 2 heterocycles. The largest absolute Gasteiger partial charge is 0.355 e. The molecule has 0 radical (unpaired) electrons. The van der Waals surface area contributed by atoms with Crippen LogP contribution in [-0.2, 0) is 9.59 Å². The molecule has 24 heavy (non-hydrogen) atoms. The number of hydrogen-bond acceptors (Lipinski definition) is 5. The van der Waals surface area contributed by atoms with Gasteiger partial charge in [0.1, 0.15) is 0 Å². The molecule has 1 aromatic rings. The number of hydrogen-bond donors (Lipinski definition) is 3. The SMILES string of the molecule is Cl.NCCNC(=O)C1CCCN(C(=O)CNC(=O)c2cccs2)C1. The molecule has 4 N–H and O–H groups in total. The number of thiophene rings is 1. The number of halogens is 1. The second-order valence-electron chi connectivity index (χ2n) is 5.42. The second-order valence-corrected chi connectivity index (χ2v) is 6.37. The first-order chi connectivity index (χ1) is 11.1. The maximum Gasteiger partial charge on any atom is 0.261 e. The van der Waals surface area contributed by atoms with Gasteiger partial charge >= 0.3 is 0 Å². The number of nitrogens with zero attached hydrogens (tertiary/aromatic N) is 1. The van der Waals surface area contributed by atoms with E-state index in [2.05, 4.69) is 10.6 Å². The maximum atomic E-state index is 12.2. The van der Waals surface area contributed by atoms with Crippen molar-refractivity contribution in [3.63, 3.8) is 0 Å². The summed E-state index contributed by atoms with van der Waals surface area (Å²) in [5.41, 5.74) is 5.37. The first-order valence-corrected chi connectivity index (χ1v) is 8.57. The summed E-state index contributed by atoms with van der Waals surface area (Å²) in [5, 5.41) is 7.20. The average Bonchev–Trinajstić information content (AvgIpc) is 3.12. The van der Waals surface area contributed by atoms with Gasteiger partial charge in [0.2, 0.25) is 11.8 Å². The standard InChI is InChI=1S/C15H22N4O3S.ClH/c16-5-6-17-14(21)11-3-1-7-19(10-11)13(20)9-18-15(22)12-4-2-8-23-12;/h2,4,8,11H,1,3,5-7,9-10,16H2,(H,17,21)(H,18,22);1H. The van der Waals surface area contributed by atoms with E-state index in [1.807, 2.05) is 5.38 Å². The highest BCUT2D eigenvalue weighted by Crippen LogP contribution is 2.16. The lowest BCUT2D eigenvalue weighted by Gasteiger charge is -2.32. The molecule has 1 saturated heterocycles. The summed E-state index contributed by atoms with van der Waals surface area (Å²) in [6.07, 6.45) is 1.55. The van der Waals surface area contributed by atoms with E-state index >= 15 is 0 Å². The van der Waals surface area contributed by atoms with Gasteiger partial charge in [-0.1, -0.05) is 6.07 Å². The molecule has 3 amide bonds. The van der Waals surface area contributed by atoms with E-state index in [1.54, 1.807) is 17.0 Å². The van der Waals surface area contributed by atoms with Crippen molar-refractivity contribution >= 4 is 41.5 Å². The van der Waals surface area contributed by atoms with Crippen LogP contribution in [0, 0.1) is 5.92 Å². The monoisotopic (exact) mass is 374 g/mol. The van der Waals surface area contributed by atoms with Gasteiger partial charge in [0.25, 0.3) is 5.91 Å². The number of carbonyl (C=O) groups is 3. The van der Waals surface area contributed by atoms with Gasteiger partial charge in [0.05, 0.1) is 17.3 Å². The molecule has 1 aromatic heterocycles. The third-order valence-electron chi connectivity index (χ3n) is 3.73. The lowest BCUT2D eigenvalue weighted by atomic mass is 9.97. The minimum atomic E-state index is -0.248. The zero-order chi connectivity index (χ0) is 16.7. The molecule has 7 nitrogen and oxygen atoms in total. The smallest absolute Gasteiger partial charge is 0.261 e. The van der Waals surface area contributed by atoms with Crippen LogP contribution in [0.1, 0.15) is 22.5 Å². The van der Waals surface area contributed by atoms with Crippen LogP contribution < -0.4 is 16.4 Å². The summed E-state index contributed by atoms with van der Waals surface area (Å²) in [5.74, 6) is -0.670. The molecule has 1 fully saturated rings. The normalized spacial score (nSPS) is 16.9. The molecule has 1 unspecified atom stereocenters. The molecule has 0 aromatic carbocycles. The Morgan fingerprint density at radius 2 is 2.12 bits per heavy atom. The fraction of sp³-hybridized carbons (Fsp3) is 0.533. The molecule has 0 aliphatic carbocycles. The number of piperidine rings is 1. The molecule has 1 atom stereocenters. The van der Waals surface area contributed by atoms with E-state index in [-0.39, 0.29) is 42.6 Å². The molecule has 2 rings (SSSR count). The summed E-state index contributed by atoms with van der Waals surface area (Å²) < 4.78 is 0. The molecule has 1 aliphatic rings. The van der Waals surface area contributed by atoms with E-state index in [1.165, 1.54) is 11.3 Å². The van der Waals surface area contributed by atoms with E-state index in [0.717, 1.165) is 12.8 Å². The number of nitrogens with one attached hydrogen (secondary N) is 2. The number of nitrogens with two attached hydrogens (primary N) is 1. The van der Waals surface area contributed by atoms with Gasteiger partial charge < -0.3 is 21.3 Å². The lowest BCUT2D eigenvalue weighted by Crippen LogP contribution is -2.48. The molecule has 0 spiro atoms. The number of rotatable bonds is 6. The summed E-state index contributed by atoms with van der Waals surface area (Å²) in [7, 11) is 0. The highest BCUT2D eigenvalue weighted by atomic mass is 35.5. The molecule has 134 valence electrons. The van der Waals surface area contributed by atoms with Gasteiger partial charge in [0.15, 0.2) is 0 Å². The minimum Gasteiger partial charge on any atom is -0.355 e. The van der Waals surface area contributed by atoms with Crippen molar-refractivity contribution in [1.29, 1.82) is 0 Å². The quantitative estimate of drug-likeness (QED) is 0.662. The van der Waals surface area contributed by atoms with Crippen molar-refractivity contribution in [2.24, 2.45) is 11.7 Å². The van der Waals surface area contributed by atoms with Gasteiger partial charge in [-0.3, -0.25) is 14.4 Å². The second kappa shape index (κ2) is 10.3. The van der Waals surface area contributed by atoms with Gasteiger partial charge in [-0.15, -0.1) is 23.7 Å². The molecule has 0 bridgehead atoms. The molecule has 9 heteroatoms. The predicted molar refractivity (Wildman–Crippen MR) is 95.3 cm³/mol. The van der Waals surface area contributed by atoms with Crippen LogP contribution in [0.4, 0.5) is 0 Å². The van der Waals surface area contributed by atoms with E-state index < -0.39 is 0 Å². The third-order valence-corrected chi connectivity index (χ3v) is 4.60. The topological polar surface area (TPSA) is 105 Å². The molecule has 0 saturated carbocycles. The van der Waals surface area contributed by atoms with Crippen LogP contribution in [0.25, 0.3) is 0 Å². The van der Waals surface area contributed by atoms with Crippen molar-refractivity contribution in [2.45, 2.75) is 12.8 Å². The summed E-state index contributed by atoms with van der Waals surface area (Å²) in [4.78, 5) is 38.3. The van der Waals surface area contributed by atoms with Crippen LogP contribution in [0.3, 0.4) is 0 Å². The van der Waals surface area contributed by atoms with Crippen LogP contribution in [0.15, 0.2) is 17.5 Å². The Morgan fingerprint density at radius 3 is 2.79 bits per heavy atom. The maximum absolute atomic E-state index is 12.2. The molecular weight excluding hydrogens is 352 g/mol. The minimum absolute atomic E-state index is 0. The van der Waals surface area contributed by atoms with Crippen LogP contribution in [0.2, 0.25) is 0 Å². The highest BCUT2D eigenvalue weighted by Gasteiger charge is 2.28. The zero-order valence-corrected chi connectivity index (χ0v) is 15.0.